The van der Waals surface area contributed by atoms with Crippen LogP contribution in [0, 0.1) is 16.0 Å². The van der Waals surface area contributed by atoms with Gasteiger partial charge in [-0.1, -0.05) is 69.3 Å². The Bertz CT molecular complexity index is 1250. The molecule has 0 saturated carbocycles. The number of nitro benzene ring substituents is 1. The maximum absolute atomic E-state index is 13.1. The van der Waals surface area contributed by atoms with Crippen molar-refractivity contribution in [1.29, 1.82) is 0 Å². The van der Waals surface area contributed by atoms with Crippen molar-refractivity contribution in [3.05, 3.63) is 117 Å². The van der Waals surface area contributed by atoms with E-state index in [1.807, 2.05) is 82.3 Å². The number of benzene rings is 3. The van der Waals surface area contributed by atoms with Crippen LogP contribution in [0.2, 0.25) is 0 Å². The summed E-state index contributed by atoms with van der Waals surface area (Å²) in [6.07, 6.45) is 4.63. The summed E-state index contributed by atoms with van der Waals surface area (Å²) in [7, 11) is 0. The minimum Gasteiger partial charge on any atom is -0.345 e. The van der Waals surface area contributed by atoms with Crippen molar-refractivity contribution < 1.29 is 14.5 Å². The first kappa shape index (κ1) is 26.5. The molecule has 3 aromatic rings. The largest absolute Gasteiger partial charge is 0.345 e. The van der Waals surface area contributed by atoms with Gasteiger partial charge in [0.2, 0.25) is 0 Å². The molecule has 0 aliphatic heterocycles. The number of ketones is 1. The minimum atomic E-state index is -0.482. The zero-order chi connectivity index (χ0) is 26.2. The molecule has 3 aromatic carbocycles. The summed E-state index contributed by atoms with van der Waals surface area (Å²) in [5.74, 6) is -0.730. The highest BCUT2D eigenvalue weighted by molar-refractivity contribution is 5.98. The van der Waals surface area contributed by atoms with E-state index in [0.29, 0.717) is 11.1 Å². The number of carbonyl (C=O) groups excluding carboxylic acids is 2. The van der Waals surface area contributed by atoms with Crippen molar-refractivity contribution in [3.8, 4) is 0 Å². The van der Waals surface area contributed by atoms with E-state index in [2.05, 4.69) is 5.32 Å². The van der Waals surface area contributed by atoms with Crippen LogP contribution in [-0.4, -0.2) is 16.6 Å². The van der Waals surface area contributed by atoms with Crippen LogP contribution >= 0.6 is 0 Å². The number of hydrogen-bond donors (Lipinski definition) is 1. The lowest BCUT2D eigenvalue weighted by Gasteiger charge is -2.22. The second-order valence-electron chi connectivity index (χ2n) is 8.93. The van der Waals surface area contributed by atoms with Crippen molar-refractivity contribution in [2.45, 2.75) is 46.1 Å². The van der Waals surface area contributed by atoms with Crippen LogP contribution in [0.3, 0.4) is 0 Å². The Morgan fingerprint density at radius 1 is 0.972 bits per heavy atom. The Labute approximate surface area is 212 Å². The molecule has 0 aliphatic rings. The number of Topliss-reactive ketones (excluding diaryl/α,β-unsaturated/α-hetero) is 1. The summed E-state index contributed by atoms with van der Waals surface area (Å²) in [5, 5.41) is 14.0. The zero-order valence-electron chi connectivity index (χ0n) is 21.1. The smallest absolute Gasteiger partial charge is 0.269 e. The molecule has 0 heterocycles. The lowest BCUT2D eigenvalue weighted by atomic mass is 9.81. The molecule has 0 radical (unpaired) electrons. The highest BCUT2D eigenvalue weighted by Gasteiger charge is 2.25. The second-order valence-corrected chi connectivity index (χ2v) is 8.93. The number of amides is 1. The topological polar surface area (TPSA) is 89.3 Å². The van der Waals surface area contributed by atoms with Gasteiger partial charge in [0.05, 0.1) is 11.0 Å². The molecule has 0 aliphatic carbocycles. The SMILES string of the molecule is C/C=C\c1cc(C(=O)NC(CC)c2ccccc2)ccc1C(C)C(C)C(=O)c1ccc([N+](=O)[O-])cc1. The molecule has 0 aromatic heterocycles. The van der Waals surface area contributed by atoms with Gasteiger partial charge in [-0.2, -0.15) is 0 Å². The number of allylic oxidation sites excluding steroid dienone is 1. The maximum atomic E-state index is 13.1. The van der Waals surface area contributed by atoms with E-state index < -0.39 is 4.92 Å². The summed E-state index contributed by atoms with van der Waals surface area (Å²) < 4.78 is 0. The first-order valence-electron chi connectivity index (χ1n) is 12.2. The number of carbonyl (C=O) groups is 2. The van der Waals surface area contributed by atoms with Crippen LogP contribution in [0.15, 0.2) is 78.9 Å². The molecule has 0 bridgehead atoms. The van der Waals surface area contributed by atoms with Gasteiger partial charge in [0, 0.05) is 29.2 Å². The average Bonchev–Trinajstić information content (AvgIpc) is 2.91. The fourth-order valence-electron chi connectivity index (χ4n) is 4.31. The molecule has 0 spiro atoms. The molecule has 6 nitrogen and oxygen atoms in total. The molecule has 6 heteroatoms. The van der Waals surface area contributed by atoms with Gasteiger partial charge in [-0.15, -0.1) is 0 Å². The fourth-order valence-corrected chi connectivity index (χ4v) is 4.31. The van der Waals surface area contributed by atoms with Crippen LogP contribution in [0.4, 0.5) is 5.69 Å². The molecule has 186 valence electrons. The normalized spacial score (nSPS) is 13.7. The lowest BCUT2D eigenvalue weighted by molar-refractivity contribution is -0.384. The first-order valence-corrected chi connectivity index (χ1v) is 12.2. The van der Waals surface area contributed by atoms with Crippen LogP contribution in [0.5, 0.6) is 0 Å². The van der Waals surface area contributed by atoms with Crippen LogP contribution in [0.1, 0.15) is 83.5 Å². The first-order chi connectivity index (χ1) is 17.3. The number of rotatable bonds is 10. The molecular formula is C30H32N2O4. The van der Waals surface area contributed by atoms with E-state index >= 15 is 0 Å². The van der Waals surface area contributed by atoms with E-state index in [1.165, 1.54) is 24.3 Å². The van der Waals surface area contributed by atoms with E-state index in [-0.39, 0.29) is 35.3 Å². The Balaban J connectivity index is 1.82. The summed E-state index contributed by atoms with van der Waals surface area (Å²) in [6.45, 7) is 7.80. The third-order valence-electron chi connectivity index (χ3n) is 6.63. The van der Waals surface area contributed by atoms with Crippen molar-refractivity contribution >= 4 is 23.5 Å². The van der Waals surface area contributed by atoms with Crippen molar-refractivity contribution in [1.82, 2.24) is 5.32 Å². The molecule has 3 unspecified atom stereocenters. The second kappa shape index (κ2) is 12.1. The maximum Gasteiger partial charge on any atom is 0.269 e. The van der Waals surface area contributed by atoms with Crippen LogP contribution in [-0.2, 0) is 0 Å². The number of hydrogen-bond acceptors (Lipinski definition) is 4. The highest BCUT2D eigenvalue weighted by atomic mass is 16.6. The van der Waals surface area contributed by atoms with Gasteiger partial charge < -0.3 is 5.32 Å². The van der Waals surface area contributed by atoms with E-state index in [4.69, 9.17) is 0 Å². The van der Waals surface area contributed by atoms with Gasteiger partial charge in [-0.05, 0) is 60.2 Å². The minimum absolute atomic E-state index is 0.0472. The summed E-state index contributed by atoms with van der Waals surface area (Å²) in [6, 6.07) is 21.1. The molecule has 3 rings (SSSR count). The summed E-state index contributed by atoms with van der Waals surface area (Å²) >= 11 is 0. The van der Waals surface area contributed by atoms with E-state index in [0.717, 1.165) is 23.1 Å². The summed E-state index contributed by atoms with van der Waals surface area (Å²) in [4.78, 5) is 36.6. The standard InChI is InChI=1S/C30H32N2O4/c1-5-10-24-19-25(30(34)31-28(6-2)22-11-8-7-9-12-22)15-18-27(24)20(3)21(4)29(33)23-13-16-26(17-14-23)32(35)36/h5,7-21,28H,6H2,1-4H3,(H,31,34)/b10-5-. The van der Waals surface area contributed by atoms with Gasteiger partial charge >= 0.3 is 0 Å². The lowest BCUT2D eigenvalue weighted by Crippen LogP contribution is -2.28. The molecular weight excluding hydrogens is 452 g/mol. The quantitative estimate of drug-likeness (QED) is 0.188. The Hall–Kier alpha value is -4.06. The number of nitrogens with zero attached hydrogens (tertiary/aromatic N) is 1. The number of non-ortho nitro benzene ring substituents is 1. The van der Waals surface area contributed by atoms with Crippen LogP contribution in [0.25, 0.3) is 6.08 Å². The van der Waals surface area contributed by atoms with Crippen molar-refractivity contribution in [2.75, 3.05) is 0 Å². The van der Waals surface area contributed by atoms with Gasteiger partial charge in [-0.3, -0.25) is 19.7 Å². The average molecular weight is 485 g/mol. The van der Waals surface area contributed by atoms with Gasteiger partial charge in [-0.25, -0.2) is 0 Å². The molecule has 1 amide bonds. The Morgan fingerprint density at radius 2 is 1.61 bits per heavy atom. The summed E-state index contributed by atoms with van der Waals surface area (Å²) in [5.41, 5.74) is 3.86. The fraction of sp³-hybridized carbons (Fsp3) is 0.267. The predicted octanol–water partition coefficient (Wildman–Crippen LogP) is 7.13. The monoisotopic (exact) mass is 484 g/mol. The van der Waals surface area contributed by atoms with Crippen LogP contribution < -0.4 is 5.32 Å². The molecule has 3 atom stereocenters. The zero-order valence-corrected chi connectivity index (χ0v) is 21.1. The molecule has 1 N–H and O–H groups in total. The van der Waals surface area contributed by atoms with Crippen molar-refractivity contribution in [3.63, 3.8) is 0 Å². The highest BCUT2D eigenvalue weighted by Crippen LogP contribution is 2.31. The third kappa shape index (κ3) is 6.13. The molecule has 0 saturated heterocycles. The van der Waals surface area contributed by atoms with Gasteiger partial charge in [0.1, 0.15) is 0 Å². The Kier molecular flexibility index (Phi) is 8.90. The van der Waals surface area contributed by atoms with Crippen molar-refractivity contribution in [2.24, 2.45) is 5.92 Å². The van der Waals surface area contributed by atoms with E-state index in [9.17, 15) is 19.7 Å². The van der Waals surface area contributed by atoms with Gasteiger partial charge in [0.25, 0.3) is 11.6 Å². The number of nitro groups is 1. The molecule has 0 fully saturated rings. The van der Waals surface area contributed by atoms with Gasteiger partial charge in [0.15, 0.2) is 5.78 Å². The Morgan fingerprint density at radius 3 is 2.19 bits per heavy atom. The number of nitrogens with one attached hydrogen (secondary N) is 1. The predicted molar refractivity (Wildman–Crippen MR) is 143 cm³/mol. The molecule has 36 heavy (non-hydrogen) atoms. The van der Waals surface area contributed by atoms with E-state index in [1.54, 1.807) is 6.07 Å². The third-order valence-corrected chi connectivity index (χ3v) is 6.63.